The first-order chi connectivity index (χ1) is 13.5. The van der Waals surface area contributed by atoms with Crippen LogP contribution in [0.4, 0.5) is 21.7 Å². The van der Waals surface area contributed by atoms with E-state index in [-0.39, 0.29) is 24.0 Å². The highest BCUT2D eigenvalue weighted by Gasteiger charge is 2.13. The number of rotatable bonds is 5. The zero-order valence-corrected chi connectivity index (χ0v) is 14.6. The zero-order valence-electron chi connectivity index (χ0n) is 14.6. The Balaban J connectivity index is 1.53. The minimum Gasteiger partial charge on any atom is -0.360 e. The summed E-state index contributed by atoms with van der Waals surface area (Å²) in [5.41, 5.74) is 0.115. The summed E-state index contributed by atoms with van der Waals surface area (Å²) in [6, 6.07) is 8.87. The van der Waals surface area contributed by atoms with Gasteiger partial charge in [0.25, 0.3) is 5.78 Å². The van der Waals surface area contributed by atoms with Crippen molar-refractivity contribution < 1.29 is 13.7 Å². The van der Waals surface area contributed by atoms with Crippen molar-refractivity contribution >= 4 is 29.0 Å². The van der Waals surface area contributed by atoms with E-state index < -0.39 is 11.6 Å². The number of carbonyl (C=O) groups excluding carboxylic acids is 1. The molecule has 3 aromatic heterocycles. The van der Waals surface area contributed by atoms with Crippen LogP contribution in [0.3, 0.4) is 0 Å². The molecule has 10 nitrogen and oxygen atoms in total. The number of nitrogens with zero attached hydrogens (tertiary/aromatic N) is 5. The van der Waals surface area contributed by atoms with Crippen molar-refractivity contribution in [3.63, 3.8) is 0 Å². The molecule has 0 aliphatic carbocycles. The molecule has 4 rings (SSSR count). The van der Waals surface area contributed by atoms with Gasteiger partial charge in [-0.2, -0.15) is 4.98 Å². The fourth-order valence-electron chi connectivity index (χ4n) is 2.50. The largest absolute Gasteiger partial charge is 0.360 e. The Morgan fingerprint density at radius 1 is 1.21 bits per heavy atom. The SMILES string of the molecule is Cc1cc(NC(=O)Cn2nc3nc(Nc4ccc(F)cc4)ccn3c2=O)no1. The number of aryl methyl sites for hydroxylation is 1. The Morgan fingerprint density at radius 3 is 2.71 bits per heavy atom. The smallest absolute Gasteiger partial charge is 0.352 e. The summed E-state index contributed by atoms with van der Waals surface area (Å²) in [5.74, 6) is 0.497. The van der Waals surface area contributed by atoms with Gasteiger partial charge in [-0.25, -0.2) is 18.3 Å². The van der Waals surface area contributed by atoms with E-state index in [9.17, 15) is 14.0 Å². The third-order valence-corrected chi connectivity index (χ3v) is 3.76. The molecule has 1 aromatic carbocycles. The van der Waals surface area contributed by atoms with Gasteiger partial charge in [0.15, 0.2) is 5.82 Å². The maximum atomic E-state index is 13.0. The molecule has 0 atom stereocenters. The van der Waals surface area contributed by atoms with E-state index in [1.54, 1.807) is 31.2 Å². The Morgan fingerprint density at radius 2 is 2.00 bits per heavy atom. The lowest BCUT2D eigenvalue weighted by Gasteiger charge is -2.04. The van der Waals surface area contributed by atoms with Crippen LogP contribution in [-0.4, -0.2) is 30.2 Å². The van der Waals surface area contributed by atoms with Crippen LogP contribution in [0.1, 0.15) is 5.76 Å². The third kappa shape index (κ3) is 3.58. The number of anilines is 3. The molecule has 0 aliphatic heterocycles. The molecular weight excluding hydrogens is 369 g/mol. The zero-order chi connectivity index (χ0) is 19.7. The predicted octanol–water partition coefficient (Wildman–Crippen LogP) is 1.71. The molecule has 0 fully saturated rings. The standard InChI is InChI=1S/C17H14FN7O3/c1-10-8-14(23-28-10)20-15(26)9-25-17(27)24-7-6-13(21-16(24)22-25)19-12-4-2-11(18)3-5-12/h2-8H,9H2,1H3,(H,19,21,22)(H,20,23,26). The van der Waals surface area contributed by atoms with E-state index in [1.165, 1.54) is 22.7 Å². The van der Waals surface area contributed by atoms with Gasteiger partial charge in [0.1, 0.15) is 23.9 Å². The Kier molecular flexibility index (Phi) is 4.32. The van der Waals surface area contributed by atoms with Gasteiger partial charge in [0.05, 0.1) is 0 Å². The summed E-state index contributed by atoms with van der Waals surface area (Å²) in [6.07, 6.45) is 1.49. The molecule has 3 heterocycles. The van der Waals surface area contributed by atoms with Crippen molar-refractivity contribution in [3.05, 3.63) is 64.7 Å². The monoisotopic (exact) mass is 383 g/mol. The van der Waals surface area contributed by atoms with E-state index in [0.29, 0.717) is 17.3 Å². The minimum atomic E-state index is -0.512. The summed E-state index contributed by atoms with van der Waals surface area (Å²) in [5, 5.41) is 13.2. The molecule has 0 radical (unpaired) electrons. The maximum Gasteiger partial charge on any atom is 0.352 e. The van der Waals surface area contributed by atoms with Crippen LogP contribution in [-0.2, 0) is 11.3 Å². The van der Waals surface area contributed by atoms with Crippen molar-refractivity contribution in [3.8, 4) is 0 Å². The fourth-order valence-corrected chi connectivity index (χ4v) is 2.50. The van der Waals surface area contributed by atoms with Gasteiger partial charge in [-0.3, -0.25) is 4.79 Å². The second kappa shape index (κ2) is 6.95. The number of hydrogen-bond donors (Lipinski definition) is 2. The van der Waals surface area contributed by atoms with Crippen LogP contribution in [0.2, 0.25) is 0 Å². The highest BCUT2D eigenvalue weighted by Crippen LogP contribution is 2.15. The van der Waals surface area contributed by atoms with Gasteiger partial charge in [0.2, 0.25) is 5.91 Å². The van der Waals surface area contributed by atoms with Crippen molar-refractivity contribution in [1.82, 2.24) is 24.3 Å². The molecule has 142 valence electrons. The van der Waals surface area contributed by atoms with Gasteiger partial charge >= 0.3 is 5.69 Å². The molecule has 0 aliphatic rings. The second-order valence-electron chi connectivity index (χ2n) is 5.93. The van der Waals surface area contributed by atoms with E-state index in [0.717, 1.165) is 4.68 Å². The van der Waals surface area contributed by atoms with E-state index in [2.05, 4.69) is 25.9 Å². The average Bonchev–Trinajstić information content (AvgIpc) is 3.20. The summed E-state index contributed by atoms with van der Waals surface area (Å²) in [4.78, 5) is 28.7. The molecule has 4 aromatic rings. The molecule has 0 bridgehead atoms. The molecule has 1 amide bonds. The first-order valence-corrected chi connectivity index (χ1v) is 8.20. The quantitative estimate of drug-likeness (QED) is 0.538. The van der Waals surface area contributed by atoms with E-state index in [1.807, 2.05) is 0 Å². The van der Waals surface area contributed by atoms with Crippen molar-refractivity contribution in [2.24, 2.45) is 0 Å². The van der Waals surface area contributed by atoms with Crippen molar-refractivity contribution in [1.29, 1.82) is 0 Å². The topological polar surface area (TPSA) is 119 Å². The van der Waals surface area contributed by atoms with E-state index >= 15 is 0 Å². The van der Waals surface area contributed by atoms with E-state index in [4.69, 9.17) is 4.52 Å². The number of carbonyl (C=O) groups is 1. The van der Waals surface area contributed by atoms with Crippen LogP contribution in [0.15, 0.2) is 51.9 Å². The number of hydrogen-bond acceptors (Lipinski definition) is 7. The lowest BCUT2D eigenvalue weighted by molar-refractivity contribution is -0.117. The summed E-state index contributed by atoms with van der Waals surface area (Å²) in [6.45, 7) is 1.38. The summed E-state index contributed by atoms with van der Waals surface area (Å²) < 4.78 is 20.1. The number of amides is 1. The highest BCUT2D eigenvalue weighted by atomic mass is 19.1. The third-order valence-electron chi connectivity index (χ3n) is 3.76. The highest BCUT2D eigenvalue weighted by molar-refractivity contribution is 5.89. The minimum absolute atomic E-state index is 0.113. The predicted molar refractivity (Wildman–Crippen MR) is 96.8 cm³/mol. The van der Waals surface area contributed by atoms with Crippen LogP contribution in [0.5, 0.6) is 0 Å². The van der Waals surface area contributed by atoms with Crippen molar-refractivity contribution in [2.45, 2.75) is 13.5 Å². The molecular formula is C17H14FN7O3. The lowest BCUT2D eigenvalue weighted by atomic mass is 10.3. The molecule has 0 unspecified atom stereocenters. The van der Waals surface area contributed by atoms with Crippen LogP contribution in [0.25, 0.3) is 5.78 Å². The Hall–Kier alpha value is -4.02. The number of halogens is 1. The molecule has 28 heavy (non-hydrogen) atoms. The normalized spacial score (nSPS) is 10.9. The molecule has 0 saturated heterocycles. The number of fused-ring (bicyclic) bond motifs is 1. The maximum absolute atomic E-state index is 13.0. The summed E-state index contributed by atoms with van der Waals surface area (Å²) in [7, 11) is 0. The molecule has 11 heteroatoms. The van der Waals surface area contributed by atoms with Gasteiger partial charge in [0, 0.05) is 18.0 Å². The van der Waals surface area contributed by atoms with Gasteiger partial charge in [-0.15, -0.1) is 5.10 Å². The number of benzene rings is 1. The van der Waals surface area contributed by atoms with Crippen LogP contribution in [0, 0.1) is 12.7 Å². The molecule has 2 N–H and O–H groups in total. The van der Waals surface area contributed by atoms with Gasteiger partial charge in [-0.1, -0.05) is 5.16 Å². The first kappa shape index (κ1) is 17.4. The fraction of sp³-hybridized carbons (Fsp3) is 0.118. The van der Waals surface area contributed by atoms with Gasteiger partial charge < -0.3 is 15.2 Å². The average molecular weight is 383 g/mol. The molecule has 0 spiro atoms. The van der Waals surface area contributed by atoms with Crippen LogP contribution < -0.4 is 16.3 Å². The first-order valence-electron chi connectivity index (χ1n) is 8.20. The summed E-state index contributed by atoms with van der Waals surface area (Å²) >= 11 is 0. The van der Waals surface area contributed by atoms with Crippen molar-refractivity contribution in [2.75, 3.05) is 10.6 Å². The van der Waals surface area contributed by atoms with Crippen LogP contribution >= 0.6 is 0 Å². The Bertz CT molecular complexity index is 1210. The lowest BCUT2D eigenvalue weighted by Crippen LogP contribution is -2.28. The molecule has 0 saturated carbocycles. The number of nitrogens with one attached hydrogen (secondary N) is 2. The number of aromatic nitrogens is 5. The van der Waals surface area contributed by atoms with Gasteiger partial charge in [-0.05, 0) is 37.3 Å². The Labute approximate surface area is 156 Å². The second-order valence-corrected chi connectivity index (χ2v) is 5.93.